The van der Waals surface area contributed by atoms with Crippen molar-refractivity contribution in [3.8, 4) is 5.75 Å². The highest BCUT2D eigenvalue weighted by molar-refractivity contribution is 7.84. The van der Waals surface area contributed by atoms with Crippen LogP contribution in [0, 0.1) is 40.9 Å². The van der Waals surface area contributed by atoms with E-state index in [0.717, 1.165) is 63.4 Å². The van der Waals surface area contributed by atoms with Crippen molar-refractivity contribution in [3.63, 3.8) is 0 Å². The maximum atomic E-state index is 13.2. The number of hydrogen-bond donors (Lipinski definition) is 1. The van der Waals surface area contributed by atoms with Gasteiger partial charge < -0.3 is 23.1 Å². The molecule has 13 atom stereocenters. The Kier molecular flexibility index (Phi) is 8.63. The SMILES string of the molecule is C[C@H]1[C@H](OC(=O)CCC(=O)O[C@H]2CC[C@H]3[C@H]4CCc5cc(OS(N)(=O)=O)ccc5[C@H]4CC[C@]23C)O[C@@H]2OC3(C)CC[C@H]4[C@H](C)CC[C@@H]1[C@@]24OO3. The van der Waals surface area contributed by atoms with Crippen LogP contribution in [-0.2, 0) is 55.0 Å². The van der Waals surface area contributed by atoms with Gasteiger partial charge >= 0.3 is 22.2 Å². The highest BCUT2D eigenvalue weighted by Crippen LogP contribution is 2.63. The molecule has 9 rings (SSSR count). The van der Waals surface area contributed by atoms with Crippen molar-refractivity contribution in [3.05, 3.63) is 29.3 Å². The number of carbonyl (C=O) groups excluding carboxylic acids is 2. The summed E-state index contributed by atoms with van der Waals surface area (Å²) in [5.41, 5.74) is 1.49. The Bertz CT molecular complexity index is 1640. The third-order valence-corrected chi connectivity index (χ3v) is 14.4. The fourth-order valence-electron chi connectivity index (χ4n) is 11.5. The average Bonchev–Trinajstić information content (AvgIpc) is 3.21. The number of fused-ring (bicyclic) bond motifs is 7. The lowest BCUT2D eigenvalue weighted by Gasteiger charge is -2.59. The molecule has 12 nitrogen and oxygen atoms in total. The molecule has 7 fully saturated rings. The Hall–Kier alpha value is -2.29. The average molecular weight is 718 g/mol. The van der Waals surface area contributed by atoms with E-state index in [4.69, 9.17) is 38.0 Å². The second-order valence-corrected chi connectivity index (χ2v) is 17.9. The Morgan fingerprint density at radius 3 is 2.44 bits per heavy atom. The van der Waals surface area contributed by atoms with Crippen molar-refractivity contribution in [2.75, 3.05) is 0 Å². The van der Waals surface area contributed by atoms with E-state index in [0.29, 0.717) is 30.1 Å². The maximum Gasteiger partial charge on any atom is 0.380 e. The Balaban J connectivity index is 0.865. The summed E-state index contributed by atoms with van der Waals surface area (Å²) in [4.78, 5) is 38.4. The smallest absolute Gasteiger partial charge is 0.380 e. The van der Waals surface area contributed by atoms with E-state index in [-0.39, 0.29) is 53.8 Å². The molecule has 276 valence electrons. The van der Waals surface area contributed by atoms with Crippen LogP contribution in [0.3, 0.4) is 0 Å². The van der Waals surface area contributed by atoms with E-state index in [1.807, 2.05) is 19.9 Å². The van der Waals surface area contributed by atoms with Gasteiger partial charge in [-0.1, -0.05) is 26.8 Å². The van der Waals surface area contributed by atoms with Gasteiger partial charge in [-0.3, -0.25) is 9.59 Å². The molecule has 0 aromatic heterocycles. The van der Waals surface area contributed by atoms with Gasteiger partial charge in [-0.05, 0) is 118 Å². The van der Waals surface area contributed by atoms with Crippen molar-refractivity contribution >= 4 is 22.2 Å². The van der Waals surface area contributed by atoms with Crippen LogP contribution >= 0.6 is 0 Å². The molecule has 2 N–H and O–H groups in total. The second-order valence-electron chi connectivity index (χ2n) is 16.7. The van der Waals surface area contributed by atoms with Crippen LogP contribution in [0.5, 0.6) is 5.75 Å². The van der Waals surface area contributed by atoms with E-state index in [9.17, 15) is 18.0 Å². The number of carbonyl (C=O) groups is 2. The molecule has 0 radical (unpaired) electrons. The lowest BCUT2D eigenvalue weighted by molar-refractivity contribution is -0.576. The number of rotatable bonds is 7. The lowest BCUT2D eigenvalue weighted by atomic mass is 9.55. The summed E-state index contributed by atoms with van der Waals surface area (Å²) in [6.07, 6.45) is 7.20. The standard InChI is InChI=1S/C37H51NO11S/c1-20-5-10-28-21(2)33(45-34-37(28)27(20)16-18-36(4,46-34)48-49-37)44-32(40)14-13-31(39)43-30-12-11-29-26-8-6-22-19-23(47-50(38,41)42)7-9-24(22)25(26)15-17-35(29,30)3/h7,9,19-21,25-30,33-34H,5-6,8,10-18H2,1-4H3,(H2,38,41,42)/t20-,21-,25-,26+,27+,28+,29+,30+,33-,34-,35+,36?,37-/m1/s1. The summed E-state index contributed by atoms with van der Waals surface area (Å²) < 4.78 is 52.6. The van der Waals surface area contributed by atoms with E-state index in [1.54, 1.807) is 12.1 Å². The first-order valence-electron chi connectivity index (χ1n) is 18.6. The van der Waals surface area contributed by atoms with Gasteiger partial charge in [0.15, 0.2) is 11.9 Å². The number of benzene rings is 1. The van der Waals surface area contributed by atoms with Crippen molar-refractivity contribution in [1.29, 1.82) is 0 Å². The summed E-state index contributed by atoms with van der Waals surface area (Å²) in [5, 5.41) is 5.08. The van der Waals surface area contributed by atoms with Gasteiger partial charge in [0.1, 0.15) is 11.9 Å². The number of aryl methyl sites for hydroxylation is 1. The van der Waals surface area contributed by atoms with Crippen LogP contribution in [0.2, 0.25) is 0 Å². The summed E-state index contributed by atoms with van der Waals surface area (Å²) in [6.45, 7) is 8.42. The number of esters is 2. The summed E-state index contributed by atoms with van der Waals surface area (Å²) in [6, 6.07) is 5.47. The molecule has 4 aliphatic carbocycles. The highest BCUT2D eigenvalue weighted by Gasteiger charge is 2.70. The number of ether oxygens (including phenoxy) is 4. The summed E-state index contributed by atoms with van der Waals surface area (Å²) in [7, 11) is -4.08. The molecule has 0 amide bonds. The van der Waals surface area contributed by atoms with E-state index < -0.39 is 40.2 Å². The van der Waals surface area contributed by atoms with Crippen LogP contribution in [0.25, 0.3) is 0 Å². The molecule has 4 aliphatic heterocycles. The Labute approximate surface area is 294 Å². The van der Waals surface area contributed by atoms with Gasteiger partial charge in [-0.2, -0.15) is 13.6 Å². The fourth-order valence-corrected chi connectivity index (χ4v) is 11.9. The van der Waals surface area contributed by atoms with Crippen LogP contribution in [0.4, 0.5) is 0 Å². The molecule has 2 bridgehead atoms. The first-order valence-corrected chi connectivity index (χ1v) is 20.1. The highest BCUT2D eigenvalue weighted by atomic mass is 32.2. The van der Waals surface area contributed by atoms with Crippen molar-refractivity contribution in [2.45, 2.75) is 141 Å². The third-order valence-electron chi connectivity index (χ3n) is 14.0. The molecule has 13 heteroatoms. The zero-order chi connectivity index (χ0) is 35.2. The van der Waals surface area contributed by atoms with Gasteiger partial charge in [0, 0.05) is 23.7 Å². The second kappa shape index (κ2) is 12.4. The quantitative estimate of drug-likeness (QED) is 0.278. The predicted octanol–water partition coefficient (Wildman–Crippen LogP) is 5.57. The first kappa shape index (κ1) is 34.8. The molecule has 4 heterocycles. The van der Waals surface area contributed by atoms with Gasteiger partial charge in [0.25, 0.3) is 0 Å². The van der Waals surface area contributed by atoms with E-state index in [1.165, 1.54) is 5.56 Å². The van der Waals surface area contributed by atoms with E-state index >= 15 is 0 Å². The van der Waals surface area contributed by atoms with Crippen molar-refractivity contribution in [2.24, 2.45) is 46.1 Å². The minimum atomic E-state index is -4.08. The van der Waals surface area contributed by atoms with Gasteiger partial charge in [0.2, 0.25) is 12.1 Å². The minimum absolute atomic E-state index is 0.0399. The van der Waals surface area contributed by atoms with Crippen LogP contribution in [0.15, 0.2) is 18.2 Å². The first-order chi connectivity index (χ1) is 23.7. The molecule has 50 heavy (non-hydrogen) atoms. The van der Waals surface area contributed by atoms with E-state index in [2.05, 4.69) is 13.8 Å². The molecule has 1 aromatic rings. The monoisotopic (exact) mass is 717 g/mol. The third kappa shape index (κ3) is 5.78. The number of nitrogens with two attached hydrogens (primary N) is 1. The van der Waals surface area contributed by atoms with Crippen LogP contribution in [-0.4, -0.2) is 50.4 Å². The maximum absolute atomic E-state index is 13.2. The lowest BCUT2D eigenvalue weighted by Crippen LogP contribution is -2.70. The molecular weight excluding hydrogens is 666 g/mol. The van der Waals surface area contributed by atoms with Gasteiger partial charge in [-0.25, -0.2) is 9.78 Å². The topological polar surface area (TPSA) is 159 Å². The normalized spacial score (nSPS) is 44.5. The van der Waals surface area contributed by atoms with Crippen LogP contribution < -0.4 is 9.32 Å². The molecular formula is C37H51NO11S. The molecule has 3 saturated carbocycles. The molecule has 8 aliphatic rings. The molecule has 1 spiro atoms. The molecule has 1 aromatic carbocycles. The van der Waals surface area contributed by atoms with Gasteiger partial charge in [0.05, 0.1) is 12.8 Å². The molecule has 4 saturated heterocycles. The largest absolute Gasteiger partial charge is 0.462 e. The van der Waals surface area contributed by atoms with Crippen LogP contribution in [0.1, 0.15) is 115 Å². The Morgan fingerprint density at radius 1 is 0.900 bits per heavy atom. The fraction of sp³-hybridized carbons (Fsp3) is 0.784. The zero-order valence-corrected chi connectivity index (χ0v) is 30.3. The molecule has 1 unspecified atom stereocenters. The number of hydrogen-bond acceptors (Lipinski definition) is 11. The summed E-state index contributed by atoms with van der Waals surface area (Å²) in [5.74, 6) is 0.248. The van der Waals surface area contributed by atoms with Crippen molar-refractivity contribution in [1.82, 2.24) is 0 Å². The zero-order valence-electron chi connectivity index (χ0n) is 29.5. The Morgan fingerprint density at radius 2 is 1.66 bits per heavy atom. The predicted molar refractivity (Wildman–Crippen MR) is 177 cm³/mol. The van der Waals surface area contributed by atoms with Gasteiger partial charge in [-0.15, -0.1) is 0 Å². The minimum Gasteiger partial charge on any atom is -0.462 e. The van der Waals surface area contributed by atoms with Crippen molar-refractivity contribution < 1.29 is 50.9 Å². The summed E-state index contributed by atoms with van der Waals surface area (Å²) >= 11 is 0.